The predicted octanol–water partition coefficient (Wildman–Crippen LogP) is 7.90. The van der Waals surface area contributed by atoms with Crippen LogP contribution in [0.2, 0.25) is 0 Å². The molecular weight excluding hydrogens is 829 g/mol. The van der Waals surface area contributed by atoms with Gasteiger partial charge in [0.1, 0.15) is 9.79 Å². The summed E-state index contributed by atoms with van der Waals surface area (Å²) in [6.07, 6.45) is 9.20. The van der Waals surface area contributed by atoms with Crippen molar-refractivity contribution >= 4 is 67.6 Å². The molecule has 4 aromatic carbocycles. The summed E-state index contributed by atoms with van der Waals surface area (Å²) in [5.41, 5.74) is 0.593. The van der Waals surface area contributed by atoms with Gasteiger partial charge in [0.15, 0.2) is 11.6 Å². The van der Waals surface area contributed by atoms with Crippen molar-refractivity contribution in [3.63, 3.8) is 0 Å². The van der Waals surface area contributed by atoms with E-state index in [1.807, 2.05) is 6.07 Å². The zero-order chi connectivity index (χ0) is 44.3. The quantitative estimate of drug-likeness (QED) is 0.0326. The highest BCUT2D eigenvalue weighted by atomic mass is 32.2. The Morgan fingerprint density at radius 3 is 1.39 bits per heavy atom. The lowest BCUT2D eigenvalue weighted by atomic mass is 10.0. The molecule has 16 nitrogen and oxygen atoms in total. The zero-order valence-electron chi connectivity index (χ0n) is 33.3. The first kappa shape index (κ1) is 44.2. The van der Waals surface area contributed by atoms with E-state index in [0.29, 0.717) is 16.9 Å². The lowest BCUT2D eigenvalue weighted by Crippen LogP contribution is -2.26. The van der Waals surface area contributed by atoms with Gasteiger partial charge in [0.25, 0.3) is 20.2 Å². The van der Waals surface area contributed by atoms with Crippen LogP contribution in [0, 0.1) is 0 Å². The Kier molecular flexibility index (Phi) is 14.1. The number of anilines is 6. The van der Waals surface area contributed by atoms with Gasteiger partial charge in [0.05, 0.1) is 5.56 Å². The van der Waals surface area contributed by atoms with E-state index >= 15 is 0 Å². The van der Waals surface area contributed by atoms with Gasteiger partial charge >= 0.3 is 0 Å². The maximum absolute atomic E-state index is 13.9. The normalized spacial score (nSPS) is 11.5. The molecule has 316 valence electrons. The highest BCUT2D eigenvalue weighted by Crippen LogP contribution is 2.42. The van der Waals surface area contributed by atoms with Gasteiger partial charge in [-0.25, -0.2) is 0 Å². The van der Waals surface area contributed by atoms with Crippen LogP contribution in [0.15, 0.2) is 157 Å². The molecule has 2 heterocycles. The lowest BCUT2D eigenvalue weighted by molar-refractivity contribution is 0.466. The van der Waals surface area contributed by atoms with Crippen molar-refractivity contribution in [2.45, 2.75) is 9.79 Å². The maximum atomic E-state index is 13.9. The van der Waals surface area contributed by atoms with Crippen LogP contribution in [0.4, 0.5) is 35.2 Å². The number of nitrogens with zero attached hydrogens (tertiary/aromatic N) is 8. The maximum Gasteiger partial charge on any atom is 0.296 e. The molecule has 0 saturated heterocycles. The monoisotopic (exact) mass is 870 g/mol. The molecule has 0 amide bonds. The molecule has 0 radical (unpaired) electrons. The summed E-state index contributed by atoms with van der Waals surface area (Å²) in [7, 11) is -11.1. The van der Waals surface area contributed by atoms with E-state index in [4.69, 9.17) is 9.97 Å². The standard InChI is InChI=1S/C44H42N10O6S2/c1-5-26-53(27-6-2)43-49-39(47-41(51-43)45-33-20-14-10-15-21-33)35-30-32(25-24-31-18-12-9-13-19-31)37(61(55,56)57)38(62(58,59)60)36(35)40-48-42(46-34-22-16-11-17-23-34)52-44(50-40)54(28-7-3)29-8-4/h5-25,30H,1-4,26-29H2,(H,55,56,57)(H,58,59,60)(H,45,47,49,51)(H,46,48,50,52). The van der Waals surface area contributed by atoms with Gasteiger partial charge < -0.3 is 20.4 Å². The number of para-hydroxylation sites is 2. The fourth-order valence-corrected chi connectivity index (χ4v) is 8.41. The van der Waals surface area contributed by atoms with E-state index in [9.17, 15) is 25.9 Å². The molecule has 0 bridgehead atoms. The summed E-state index contributed by atoms with van der Waals surface area (Å²) in [4.78, 5) is 29.0. The molecule has 0 fully saturated rings. The van der Waals surface area contributed by atoms with Gasteiger partial charge in [0.2, 0.25) is 23.8 Å². The first-order chi connectivity index (χ1) is 29.8. The van der Waals surface area contributed by atoms with E-state index in [1.165, 1.54) is 18.2 Å². The summed E-state index contributed by atoms with van der Waals surface area (Å²) in [5, 5.41) is 6.23. The lowest BCUT2D eigenvalue weighted by Gasteiger charge is -2.23. The van der Waals surface area contributed by atoms with Crippen LogP contribution in [0.25, 0.3) is 34.9 Å². The van der Waals surface area contributed by atoms with E-state index in [2.05, 4.69) is 56.9 Å². The summed E-state index contributed by atoms with van der Waals surface area (Å²) in [6.45, 7) is 16.2. The predicted molar refractivity (Wildman–Crippen MR) is 244 cm³/mol. The highest BCUT2D eigenvalue weighted by molar-refractivity contribution is 7.89. The molecule has 6 rings (SSSR count). The van der Waals surface area contributed by atoms with Crippen molar-refractivity contribution in [1.29, 1.82) is 0 Å². The van der Waals surface area contributed by atoms with Crippen LogP contribution in [0.5, 0.6) is 0 Å². The Morgan fingerprint density at radius 2 is 0.952 bits per heavy atom. The first-order valence-corrected chi connectivity index (χ1v) is 21.7. The molecule has 2 aromatic heterocycles. The minimum absolute atomic E-state index is 0.000163. The minimum atomic E-state index is -5.62. The number of hydrogen-bond donors (Lipinski definition) is 4. The molecule has 6 aromatic rings. The van der Waals surface area contributed by atoms with Crippen molar-refractivity contribution in [3.8, 4) is 22.8 Å². The Bertz CT molecular complexity index is 2830. The number of hydrogen-bond acceptors (Lipinski definition) is 14. The van der Waals surface area contributed by atoms with E-state index in [-0.39, 0.29) is 66.9 Å². The van der Waals surface area contributed by atoms with Gasteiger partial charge in [0, 0.05) is 43.1 Å². The van der Waals surface area contributed by atoms with Crippen LogP contribution >= 0.6 is 0 Å². The molecule has 0 aliphatic carbocycles. The Hall–Kier alpha value is -7.38. The van der Waals surface area contributed by atoms with Gasteiger partial charge in [-0.3, -0.25) is 9.11 Å². The molecule has 18 heteroatoms. The molecular formula is C44H42N10O6S2. The Labute approximate surface area is 360 Å². The van der Waals surface area contributed by atoms with Crippen molar-refractivity contribution in [2.24, 2.45) is 0 Å². The fourth-order valence-electron chi connectivity index (χ4n) is 6.20. The zero-order valence-corrected chi connectivity index (χ0v) is 34.9. The smallest absolute Gasteiger partial charge is 0.296 e. The number of aromatic nitrogens is 6. The van der Waals surface area contributed by atoms with Crippen LogP contribution in [0.1, 0.15) is 11.1 Å². The number of nitrogens with one attached hydrogen (secondary N) is 2. The third-order valence-corrected chi connectivity index (χ3v) is 10.8. The van der Waals surface area contributed by atoms with Crippen LogP contribution in [0.3, 0.4) is 0 Å². The second-order valence-electron chi connectivity index (χ2n) is 13.3. The summed E-state index contributed by atoms with van der Waals surface area (Å²) < 4.78 is 77.0. The van der Waals surface area contributed by atoms with Crippen molar-refractivity contribution in [2.75, 3.05) is 46.6 Å². The average Bonchev–Trinajstić information content (AvgIpc) is 3.25. The molecule has 62 heavy (non-hydrogen) atoms. The van der Waals surface area contributed by atoms with Gasteiger partial charge in [-0.15, -0.1) is 26.3 Å². The van der Waals surface area contributed by atoms with Crippen molar-refractivity contribution in [3.05, 3.63) is 159 Å². The Morgan fingerprint density at radius 1 is 0.532 bits per heavy atom. The fraction of sp³-hybridized carbons (Fsp3) is 0.0909. The summed E-state index contributed by atoms with van der Waals surface area (Å²) in [6, 6.07) is 27.8. The van der Waals surface area contributed by atoms with Crippen molar-refractivity contribution < 1.29 is 25.9 Å². The van der Waals surface area contributed by atoms with Crippen LogP contribution in [-0.4, -0.2) is 82.0 Å². The van der Waals surface area contributed by atoms with E-state index < -0.39 is 41.4 Å². The van der Waals surface area contributed by atoms with E-state index in [1.54, 1.807) is 119 Å². The second kappa shape index (κ2) is 19.8. The molecule has 0 saturated carbocycles. The van der Waals surface area contributed by atoms with Crippen LogP contribution < -0.4 is 20.4 Å². The van der Waals surface area contributed by atoms with Gasteiger partial charge in [-0.2, -0.15) is 46.7 Å². The summed E-state index contributed by atoms with van der Waals surface area (Å²) >= 11 is 0. The third-order valence-electron chi connectivity index (χ3n) is 8.77. The van der Waals surface area contributed by atoms with Gasteiger partial charge in [-0.1, -0.05) is 103 Å². The molecule has 0 atom stereocenters. The van der Waals surface area contributed by atoms with Crippen molar-refractivity contribution in [1.82, 2.24) is 29.9 Å². The largest absolute Gasteiger partial charge is 0.333 e. The molecule has 0 unspecified atom stereocenters. The first-order valence-electron chi connectivity index (χ1n) is 18.8. The van der Waals surface area contributed by atoms with E-state index in [0.717, 1.165) is 0 Å². The van der Waals surface area contributed by atoms with Crippen LogP contribution in [-0.2, 0) is 20.2 Å². The number of rotatable bonds is 20. The highest BCUT2D eigenvalue weighted by Gasteiger charge is 2.36. The third kappa shape index (κ3) is 10.9. The van der Waals surface area contributed by atoms with Gasteiger partial charge in [-0.05, 0) is 41.5 Å². The topological polar surface area (TPSA) is 217 Å². The Balaban J connectivity index is 1.80. The molecule has 0 aliphatic rings. The minimum Gasteiger partial charge on any atom is -0.333 e. The SMILES string of the molecule is C=CCN(CC=C)c1nc(Nc2ccccc2)nc(-c2cc(C=Cc3ccccc3)c(S(=O)(=O)O)c(S(=O)(=O)O)c2-c2nc(Nc3ccccc3)nc(N(CC=C)CC=C)n2)n1. The molecule has 0 aliphatic heterocycles. The second-order valence-corrected chi connectivity index (χ2v) is 16.0. The molecule has 0 spiro atoms. The average molecular weight is 871 g/mol. The number of benzene rings is 4. The summed E-state index contributed by atoms with van der Waals surface area (Å²) in [5.74, 6) is -0.706. The molecule has 4 N–H and O–H groups in total.